The van der Waals surface area contributed by atoms with Gasteiger partial charge in [0.25, 0.3) is 0 Å². The van der Waals surface area contributed by atoms with Crippen LogP contribution in [0, 0.1) is 0 Å². The molecule has 2 rings (SSSR count). The second kappa shape index (κ2) is 5.57. The van der Waals surface area contributed by atoms with E-state index in [4.69, 9.17) is 28.3 Å². The lowest BCUT2D eigenvalue weighted by Crippen LogP contribution is -2.47. The number of rotatable bonds is 3. The predicted molar refractivity (Wildman–Crippen MR) is 73.5 cm³/mol. The average molecular weight is 344 g/mol. The molecule has 5 nitrogen and oxygen atoms in total. The lowest BCUT2D eigenvalue weighted by Gasteiger charge is -2.31. The third-order valence-electron chi connectivity index (χ3n) is 2.95. The summed E-state index contributed by atoms with van der Waals surface area (Å²) < 4.78 is 26.2. The lowest BCUT2D eigenvalue weighted by atomic mass is 10.1. The van der Waals surface area contributed by atoms with Gasteiger partial charge in [0, 0.05) is 6.54 Å². The maximum atomic E-state index is 12.5. The summed E-state index contributed by atoms with van der Waals surface area (Å²) in [5.74, 6) is -1.14. The zero-order valence-electron chi connectivity index (χ0n) is 9.67. The first-order valence-electron chi connectivity index (χ1n) is 5.53. The molecule has 1 aliphatic heterocycles. The van der Waals surface area contributed by atoms with Crippen LogP contribution in [0.5, 0.6) is 0 Å². The molecule has 1 aromatic rings. The van der Waals surface area contributed by atoms with Crippen LogP contribution in [-0.4, -0.2) is 36.4 Å². The Morgan fingerprint density at radius 2 is 2.11 bits per heavy atom. The van der Waals surface area contributed by atoms with Crippen molar-refractivity contribution in [1.82, 2.24) is 4.31 Å². The molecule has 106 valence electrons. The summed E-state index contributed by atoms with van der Waals surface area (Å²) in [6.45, 7) is 0.184. The highest BCUT2D eigenvalue weighted by molar-refractivity contribution is 7.89. The van der Waals surface area contributed by atoms with Crippen molar-refractivity contribution in [2.45, 2.75) is 30.2 Å². The van der Waals surface area contributed by atoms with E-state index in [1.54, 1.807) is 0 Å². The van der Waals surface area contributed by atoms with Crippen LogP contribution >= 0.6 is 34.5 Å². The first-order valence-corrected chi connectivity index (χ1v) is 8.55. The summed E-state index contributed by atoms with van der Waals surface area (Å²) in [7, 11) is -3.92. The number of carboxylic acid groups (broad SMARTS) is 1. The Kier molecular flexibility index (Phi) is 4.42. The van der Waals surface area contributed by atoms with Crippen molar-refractivity contribution in [2.24, 2.45) is 0 Å². The minimum Gasteiger partial charge on any atom is -0.480 e. The molecule has 1 aromatic heterocycles. The molecule has 1 unspecified atom stereocenters. The van der Waals surface area contributed by atoms with Crippen LogP contribution in [0.3, 0.4) is 0 Å². The Morgan fingerprint density at radius 1 is 1.42 bits per heavy atom. The van der Waals surface area contributed by atoms with E-state index in [-0.39, 0.29) is 20.1 Å². The molecule has 0 spiro atoms. The Bertz CT molecular complexity index is 599. The quantitative estimate of drug-likeness (QED) is 0.915. The number of piperidine rings is 1. The molecular weight excluding hydrogens is 333 g/mol. The maximum absolute atomic E-state index is 12.5. The van der Waals surface area contributed by atoms with Gasteiger partial charge < -0.3 is 5.11 Å². The van der Waals surface area contributed by atoms with Crippen molar-refractivity contribution in [1.29, 1.82) is 0 Å². The summed E-state index contributed by atoms with van der Waals surface area (Å²) in [5.41, 5.74) is 0. The first-order chi connectivity index (χ1) is 8.84. The normalized spacial score (nSPS) is 21.5. The van der Waals surface area contributed by atoms with Crippen LogP contribution in [0.1, 0.15) is 19.3 Å². The molecule has 0 aliphatic carbocycles. The van der Waals surface area contributed by atoms with E-state index in [1.807, 2.05) is 0 Å². The number of carbonyl (C=O) groups is 1. The largest absolute Gasteiger partial charge is 0.480 e. The molecule has 0 radical (unpaired) electrons. The van der Waals surface area contributed by atoms with Gasteiger partial charge in [0.2, 0.25) is 10.0 Å². The number of nitrogens with zero attached hydrogens (tertiary/aromatic N) is 1. The summed E-state index contributed by atoms with van der Waals surface area (Å²) in [4.78, 5) is 11.1. The number of sulfonamides is 1. The van der Waals surface area contributed by atoms with E-state index in [0.29, 0.717) is 19.3 Å². The third-order valence-corrected chi connectivity index (χ3v) is 6.61. The van der Waals surface area contributed by atoms with Crippen molar-refractivity contribution < 1.29 is 18.3 Å². The van der Waals surface area contributed by atoms with Crippen molar-refractivity contribution in [2.75, 3.05) is 6.54 Å². The molecular formula is C10H11Cl2NO4S2. The fourth-order valence-electron chi connectivity index (χ4n) is 2.07. The van der Waals surface area contributed by atoms with Gasteiger partial charge in [-0.05, 0) is 25.3 Å². The number of hydrogen-bond acceptors (Lipinski definition) is 4. The molecule has 0 aromatic carbocycles. The average Bonchev–Trinajstić information content (AvgIpc) is 2.69. The van der Waals surface area contributed by atoms with E-state index in [9.17, 15) is 13.2 Å². The fourth-order valence-corrected chi connectivity index (χ4v) is 5.83. The van der Waals surface area contributed by atoms with Gasteiger partial charge >= 0.3 is 5.97 Å². The van der Waals surface area contributed by atoms with E-state index in [1.165, 1.54) is 6.07 Å². The Labute approximate surface area is 124 Å². The zero-order chi connectivity index (χ0) is 14.2. The van der Waals surface area contributed by atoms with Crippen LogP contribution < -0.4 is 0 Å². The van der Waals surface area contributed by atoms with Gasteiger partial charge in [-0.15, -0.1) is 11.3 Å². The Hall–Kier alpha value is -0.340. The molecule has 19 heavy (non-hydrogen) atoms. The van der Waals surface area contributed by atoms with E-state index in [2.05, 4.69) is 0 Å². The molecule has 1 N–H and O–H groups in total. The number of halogens is 2. The van der Waals surface area contributed by atoms with E-state index < -0.39 is 22.0 Å². The molecule has 0 amide bonds. The fraction of sp³-hybridized carbons (Fsp3) is 0.500. The van der Waals surface area contributed by atoms with Gasteiger partial charge in [-0.25, -0.2) is 8.42 Å². The van der Waals surface area contributed by atoms with Gasteiger partial charge in [0.15, 0.2) is 0 Å². The predicted octanol–water partition coefficient (Wildman–Crippen LogP) is 2.68. The number of aliphatic carboxylic acids is 1. The smallest absolute Gasteiger partial charge is 0.322 e. The monoisotopic (exact) mass is 343 g/mol. The first kappa shape index (κ1) is 15.1. The number of hydrogen-bond donors (Lipinski definition) is 1. The molecule has 1 atom stereocenters. The third kappa shape index (κ3) is 2.90. The highest BCUT2D eigenvalue weighted by Gasteiger charge is 2.39. The van der Waals surface area contributed by atoms with Gasteiger partial charge in [0.05, 0.1) is 4.34 Å². The van der Waals surface area contributed by atoms with E-state index in [0.717, 1.165) is 15.6 Å². The topological polar surface area (TPSA) is 74.7 Å². The molecule has 2 heterocycles. The minimum atomic E-state index is -3.92. The standard InChI is InChI=1S/C10H11Cl2NO4S2/c11-8-5-7(9(12)18-8)19(16,17)13-4-2-1-3-6(13)10(14)15/h5-6H,1-4H2,(H,14,15). The molecule has 1 saturated heterocycles. The second-order valence-corrected chi connectivity index (χ2v) is 8.30. The summed E-state index contributed by atoms with van der Waals surface area (Å²) >= 11 is 12.5. The number of thiophene rings is 1. The summed E-state index contributed by atoms with van der Waals surface area (Å²) in [6.07, 6.45) is 1.64. The highest BCUT2D eigenvalue weighted by atomic mass is 35.5. The molecule has 1 fully saturated rings. The SMILES string of the molecule is O=C(O)C1CCCCN1S(=O)(=O)c1cc(Cl)sc1Cl. The van der Waals surface area contributed by atoms with Crippen molar-refractivity contribution in [3.8, 4) is 0 Å². The van der Waals surface area contributed by atoms with Crippen LogP contribution in [0.2, 0.25) is 8.67 Å². The molecule has 1 aliphatic rings. The van der Waals surface area contributed by atoms with Gasteiger partial charge in [-0.2, -0.15) is 4.31 Å². The Morgan fingerprint density at radius 3 is 2.63 bits per heavy atom. The van der Waals surface area contributed by atoms with Crippen LogP contribution in [0.15, 0.2) is 11.0 Å². The Balaban J connectivity index is 2.43. The summed E-state index contributed by atoms with van der Waals surface area (Å²) in [6, 6.07) is 0.228. The lowest BCUT2D eigenvalue weighted by molar-refractivity contribution is -0.142. The minimum absolute atomic E-state index is 0.0553. The zero-order valence-corrected chi connectivity index (χ0v) is 12.8. The summed E-state index contributed by atoms with van der Waals surface area (Å²) in [5, 5.41) is 9.13. The molecule has 0 bridgehead atoms. The van der Waals surface area contributed by atoms with Crippen molar-refractivity contribution >= 4 is 50.5 Å². The van der Waals surface area contributed by atoms with Crippen LogP contribution in [-0.2, 0) is 14.8 Å². The van der Waals surface area contributed by atoms with E-state index >= 15 is 0 Å². The molecule has 9 heteroatoms. The number of carboxylic acids is 1. The molecule has 0 saturated carbocycles. The van der Waals surface area contributed by atoms with Gasteiger partial charge in [-0.3, -0.25) is 4.79 Å². The maximum Gasteiger partial charge on any atom is 0.322 e. The van der Waals surface area contributed by atoms with Crippen LogP contribution in [0.4, 0.5) is 0 Å². The van der Waals surface area contributed by atoms with Gasteiger partial charge in [-0.1, -0.05) is 23.2 Å². The van der Waals surface area contributed by atoms with Crippen molar-refractivity contribution in [3.63, 3.8) is 0 Å². The van der Waals surface area contributed by atoms with Crippen molar-refractivity contribution in [3.05, 3.63) is 14.7 Å². The van der Waals surface area contributed by atoms with Crippen LogP contribution in [0.25, 0.3) is 0 Å². The second-order valence-electron chi connectivity index (χ2n) is 4.15. The van der Waals surface area contributed by atoms with Gasteiger partial charge in [0.1, 0.15) is 15.3 Å². The highest BCUT2D eigenvalue weighted by Crippen LogP contribution is 2.37.